The smallest absolute Gasteiger partial charge is 0.0615 e. The Bertz CT molecular complexity index is 461. The topological polar surface area (TPSA) is 29.3 Å². The van der Waals surface area contributed by atoms with E-state index in [1.165, 1.54) is 25.7 Å². The van der Waals surface area contributed by atoms with Crippen LogP contribution in [0.15, 0.2) is 12.1 Å². The summed E-state index contributed by atoms with van der Waals surface area (Å²) in [5.74, 6) is 0. The van der Waals surface area contributed by atoms with Gasteiger partial charge < -0.3 is 10.6 Å². The molecular weight excluding hydrogens is 279 g/mol. The van der Waals surface area contributed by atoms with Crippen molar-refractivity contribution in [2.75, 3.05) is 17.7 Å². The van der Waals surface area contributed by atoms with Crippen molar-refractivity contribution in [1.29, 1.82) is 0 Å². The number of hydrogen-bond donors (Lipinski definition) is 1. The average molecular weight is 301 g/mol. The summed E-state index contributed by atoms with van der Waals surface area (Å²) in [6, 6.07) is 4.15. The van der Waals surface area contributed by atoms with E-state index in [-0.39, 0.29) is 0 Å². The first-order valence-corrected chi connectivity index (χ1v) is 7.53. The highest BCUT2D eigenvalue weighted by Gasteiger charge is 2.29. The standard InChI is InChI=1S/C15H22Cl2N2/c1-15(2)6-4-10(5-7-15)19(3)14-9-12(17)11(16)8-13(14)18/h8-10H,4-7,18H2,1-3H3. The minimum absolute atomic E-state index is 0.473. The van der Waals surface area contributed by atoms with Crippen molar-refractivity contribution in [3.05, 3.63) is 22.2 Å². The van der Waals surface area contributed by atoms with E-state index in [1.807, 2.05) is 6.07 Å². The largest absolute Gasteiger partial charge is 0.397 e. The van der Waals surface area contributed by atoms with Gasteiger partial charge in [0.15, 0.2) is 0 Å². The average Bonchev–Trinajstić information content (AvgIpc) is 2.33. The molecule has 1 fully saturated rings. The molecule has 0 heterocycles. The van der Waals surface area contributed by atoms with Gasteiger partial charge in [0.05, 0.1) is 21.4 Å². The van der Waals surface area contributed by atoms with E-state index in [0.717, 1.165) is 5.69 Å². The highest BCUT2D eigenvalue weighted by molar-refractivity contribution is 6.42. The summed E-state index contributed by atoms with van der Waals surface area (Å²) in [4.78, 5) is 2.26. The lowest BCUT2D eigenvalue weighted by molar-refractivity contribution is 0.222. The van der Waals surface area contributed by atoms with Crippen LogP contribution >= 0.6 is 23.2 Å². The summed E-state index contributed by atoms with van der Waals surface area (Å²) in [5, 5.41) is 1.08. The molecular formula is C15H22Cl2N2. The van der Waals surface area contributed by atoms with Gasteiger partial charge in [-0.1, -0.05) is 37.0 Å². The van der Waals surface area contributed by atoms with Crippen LogP contribution in [-0.2, 0) is 0 Å². The van der Waals surface area contributed by atoms with E-state index in [0.29, 0.717) is 27.2 Å². The van der Waals surface area contributed by atoms with Crippen LogP contribution in [0.25, 0.3) is 0 Å². The normalized spacial score (nSPS) is 19.4. The van der Waals surface area contributed by atoms with Crippen LogP contribution in [0, 0.1) is 5.41 Å². The fraction of sp³-hybridized carbons (Fsp3) is 0.600. The van der Waals surface area contributed by atoms with Crippen molar-refractivity contribution in [1.82, 2.24) is 0 Å². The summed E-state index contributed by atoms with van der Waals surface area (Å²) in [7, 11) is 2.10. The maximum Gasteiger partial charge on any atom is 0.0615 e. The molecule has 2 nitrogen and oxygen atoms in total. The van der Waals surface area contributed by atoms with Crippen LogP contribution < -0.4 is 10.6 Å². The Labute approximate surface area is 125 Å². The summed E-state index contributed by atoms with van der Waals surface area (Å²) in [6.07, 6.45) is 4.90. The molecule has 1 aliphatic rings. The van der Waals surface area contributed by atoms with E-state index >= 15 is 0 Å². The minimum atomic E-state index is 0.473. The molecule has 1 saturated carbocycles. The third kappa shape index (κ3) is 3.29. The highest BCUT2D eigenvalue weighted by atomic mass is 35.5. The van der Waals surface area contributed by atoms with Crippen LogP contribution in [0.3, 0.4) is 0 Å². The lowest BCUT2D eigenvalue weighted by Gasteiger charge is -2.40. The molecule has 0 aromatic heterocycles. The monoisotopic (exact) mass is 300 g/mol. The molecule has 106 valence electrons. The number of nitrogens with two attached hydrogens (primary N) is 1. The zero-order valence-corrected chi connectivity index (χ0v) is 13.4. The molecule has 4 heteroatoms. The van der Waals surface area contributed by atoms with Crippen LogP contribution in [0.1, 0.15) is 39.5 Å². The van der Waals surface area contributed by atoms with Gasteiger partial charge in [-0.05, 0) is 43.2 Å². The second-order valence-electron chi connectivity index (χ2n) is 6.33. The Morgan fingerprint density at radius 3 is 2.26 bits per heavy atom. The summed E-state index contributed by atoms with van der Waals surface area (Å²) >= 11 is 12.1. The van der Waals surface area contributed by atoms with Gasteiger partial charge in [0.2, 0.25) is 0 Å². The van der Waals surface area contributed by atoms with Gasteiger partial charge in [-0.3, -0.25) is 0 Å². The lowest BCUT2D eigenvalue weighted by atomic mass is 9.75. The quantitative estimate of drug-likeness (QED) is 0.780. The molecule has 1 aliphatic carbocycles. The Kier molecular flexibility index (Phi) is 4.22. The predicted molar refractivity (Wildman–Crippen MR) is 85.3 cm³/mol. The van der Waals surface area contributed by atoms with Crippen molar-refractivity contribution in [2.24, 2.45) is 5.41 Å². The Hall–Kier alpha value is -0.600. The van der Waals surface area contributed by atoms with Gasteiger partial charge in [0, 0.05) is 13.1 Å². The maximum absolute atomic E-state index is 6.10. The SMILES string of the molecule is CN(c1cc(Cl)c(Cl)cc1N)C1CCC(C)(C)CC1. The predicted octanol–water partition coefficient (Wildman–Crippen LogP) is 4.98. The summed E-state index contributed by atoms with van der Waals surface area (Å²) < 4.78 is 0. The zero-order valence-electron chi connectivity index (χ0n) is 11.8. The Balaban J connectivity index is 2.16. The molecule has 2 rings (SSSR count). The number of rotatable bonds is 2. The van der Waals surface area contributed by atoms with Gasteiger partial charge in [0.1, 0.15) is 0 Å². The van der Waals surface area contributed by atoms with Gasteiger partial charge in [-0.25, -0.2) is 0 Å². The lowest BCUT2D eigenvalue weighted by Crippen LogP contribution is -2.37. The first-order valence-electron chi connectivity index (χ1n) is 6.77. The van der Waals surface area contributed by atoms with Gasteiger partial charge in [-0.15, -0.1) is 0 Å². The molecule has 0 amide bonds. The molecule has 0 unspecified atom stereocenters. The molecule has 1 aromatic carbocycles. The van der Waals surface area contributed by atoms with Gasteiger partial charge >= 0.3 is 0 Å². The molecule has 0 aliphatic heterocycles. The van der Waals surface area contributed by atoms with E-state index in [9.17, 15) is 0 Å². The fourth-order valence-electron chi connectivity index (χ4n) is 2.83. The molecule has 0 saturated heterocycles. The number of hydrogen-bond acceptors (Lipinski definition) is 2. The summed E-state index contributed by atoms with van der Waals surface area (Å²) in [6.45, 7) is 4.69. The second kappa shape index (κ2) is 5.41. The number of nitrogens with zero attached hydrogens (tertiary/aromatic N) is 1. The molecule has 0 atom stereocenters. The minimum Gasteiger partial charge on any atom is -0.397 e. The Morgan fingerprint density at radius 2 is 1.68 bits per heavy atom. The highest BCUT2D eigenvalue weighted by Crippen LogP contribution is 2.40. The molecule has 2 N–H and O–H groups in total. The van der Waals surface area contributed by atoms with Crippen molar-refractivity contribution < 1.29 is 0 Å². The van der Waals surface area contributed by atoms with Gasteiger partial charge in [-0.2, -0.15) is 0 Å². The third-order valence-electron chi connectivity index (χ3n) is 4.31. The van der Waals surface area contributed by atoms with Crippen LogP contribution in [-0.4, -0.2) is 13.1 Å². The number of anilines is 2. The van der Waals surface area contributed by atoms with E-state index in [4.69, 9.17) is 28.9 Å². The maximum atomic E-state index is 6.10. The van der Waals surface area contributed by atoms with Crippen molar-refractivity contribution in [3.8, 4) is 0 Å². The van der Waals surface area contributed by atoms with Crippen molar-refractivity contribution in [2.45, 2.75) is 45.6 Å². The van der Waals surface area contributed by atoms with Crippen LogP contribution in [0.2, 0.25) is 10.0 Å². The molecule has 0 spiro atoms. The molecule has 1 aromatic rings. The van der Waals surface area contributed by atoms with Crippen molar-refractivity contribution >= 4 is 34.6 Å². The number of benzene rings is 1. The molecule has 0 bridgehead atoms. The van der Waals surface area contributed by atoms with Crippen molar-refractivity contribution in [3.63, 3.8) is 0 Å². The van der Waals surface area contributed by atoms with E-state index in [2.05, 4.69) is 25.8 Å². The third-order valence-corrected chi connectivity index (χ3v) is 5.03. The number of halogens is 2. The van der Waals surface area contributed by atoms with Gasteiger partial charge in [0.25, 0.3) is 0 Å². The first-order chi connectivity index (χ1) is 8.80. The second-order valence-corrected chi connectivity index (χ2v) is 7.15. The number of nitrogen functional groups attached to an aromatic ring is 1. The Morgan fingerprint density at radius 1 is 1.16 bits per heavy atom. The van der Waals surface area contributed by atoms with Crippen LogP contribution in [0.5, 0.6) is 0 Å². The molecule has 19 heavy (non-hydrogen) atoms. The molecule has 0 radical (unpaired) electrons. The van der Waals surface area contributed by atoms with Crippen LogP contribution in [0.4, 0.5) is 11.4 Å². The zero-order chi connectivity index (χ0) is 14.2. The first kappa shape index (κ1) is 14.8. The van der Waals surface area contributed by atoms with E-state index < -0.39 is 0 Å². The summed E-state index contributed by atoms with van der Waals surface area (Å²) in [5.41, 5.74) is 8.22. The van der Waals surface area contributed by atoms with E-state index in [1.54, 1.807) is 6.07 Å². The fourth-order valence-corrected chi connectivity index (χ4v) is 3.16.